The summed E-state index contributed by atoms with van der Waals surface area (Å²) in [5.41, 5.74) is 1.97. The number of pyridine rings is 1. The van der Waals surface area contributed by atoms with Crippen LogP contribution in [0.4, 0.5) is 5.69 Å². The third-order valence-corrected chi connectivity index (χ3v) is 5.66. The monoisotopic (exact) mass is 444 g/mol. The fourth-order valence-electron chi connectivity index (χ4n) is 4.10. The van der Waals surface area contributed by atoms with Gasteiger partial charge in [0.05, 0.1) is 23.9 Å². The second-order valence-electron chi connectivity index (χ2n) is 7.67. The molecule has 2 aromatic carbocycles. The Balaban J connectivity index is 1.73. The number of aliphatic hydroxyl groups is 1. The number of methoxy groups -OCH3 is 1. The number of hydrogen-bond acceptors (Lipinski definition) is 7. The molecule has 1 unspecified atom stereocenters. The molecule has 1 N–H and O–H groups in total. The summed E-state index contributed by atoms with van der Waals surface area (Å²) < 4.78 is 16.2. The van der Waals surface area contributed by atoms with E-state index in [9.17, 15) is 14.7 Å². The van der Waals surface area contributed by atoms with Gasteiger partial charge in [-0.1, -0.05) is 17.7 Å². The number of anilines is 1. The molecule has 2 aliphatic heterocycles. The number of carbonyl (C=O) groups is 2. The molecule has 3 aromatic rings. The molecule has 33 heavy (non-hydrogen) atoms. The van der Waals surface area contributed by atoms with Gasteiger partial charge in [-0.3, -0.25) is 19.5 Å². The van der Waals surface area contributed by atoms with Crippen LogP contribution in [0.25, 0.3) is 5.76 Å². The number of ketones is 1. The summed E-state index contributed by atoms with van der Waals surface area (Å²) in [6.45, 7) is 1.94. The number of aryl methyl sites for hydroxylation is 1. The van der Waals surface area contributed by atoms with E-state index in [4.69, 9.17) is 14.2 Å². The first-order valence-corrected chi connectivity index (χ1v) is 10.3. The van der Waals surface area contributed by atoms with Crippen LogP contribution in [-0.4, -0.2) is 35.7 Å². The summed E-state index contributed by atoms with van der Waals surface area (Å²) in [7, 11) is 1.48. The predicted octanol–water partition coefficient (Wildman–Crippen LogP) is 3.75. The number of benzene rings is 2. The molecule has 2 aliphatic rings. The Morgan fingerprint density at radius 1 is 1.09 bits per heavy atom. The first-order valence-electron chi connectivity index (χ1n) is 10.3. The van der Waals surface area contributed by atoms with Crippen LogP contribution in [0.5, 0.6) is 17.2 Å². The topological polar surface area (TPSA) is 98.2 Å². The molecule has 5 rings (SSSR count). The summed E-state index contributed by atoms with van der Waals surface area (Å²) in [5, 5.41) is 11.3. The number of ether oxygens (including phenoxy) is 3. The van der Waals surface area contributed by atoms with Crippen molar-refractivity contribution in [3.8, 4) is 17.2 Å². The third-order valence-electron chi connectivity index (χ3n) is 5.66. The third kappa shape index (κ3) is 3.36. The molecule has 1 saturated heterocycles. The molecule has 1 aromatic heterocycles. The molecule has 1 amide bonds. The van der Waals surface area contributed by atoms with Gasteiger partial charge in [0.2, 0.25) is 6.79 Å². The molecule has 1 atom stereocenters. The van der Waals surface area contributed by atoms with Crippen LogP contribution in [0.3, 0.4) is 0 Å². The van der Waals surface area contributed by atoms with Crippen molar-refractivity contribution < 1.29 is 28.9 Å². The Hall–Kier alpha value is -4.33. The number of nitrogens with zero attached hydrogens (tertiary/aromatic N) is 2. The van der Waals surface area contributed by atoms with Crippen LogP contribution >= 0.6 is 0 Å². The van der Waals surface area contributed by atoms with E-state index in [2.05, 4.69) is 4.98 Å². The number of fused-ring (bicyclic) bond motifs is 1. The lowest BCUT2D eigenvalue weighted by molar-refractivity contribution is -0.132. The zero-order valence-electron chi connectivity index (χ0n) is 17.9. The van der Waals surface area contributed by atoms with Gasteiger partial charge in [0.25, 0.3) is 11.7 Å². The number of aromatic nitrogens is 1. The molecule has 8 heteroatoms. The van der Waals surface area contributed by atoms with Crippen LogP contribution < -0.4 is 19.1 Å². The highest BCUT2D eigenvalue weighted by Gasteiger charge is 2.48. The molecular weight excluding hydrogens is 424 g/mol. The minimum Gasteiger partial charge on any atom is -0.507 e. The SMILES string of the molecule is COc1ccc(C)cc1/C(O)=C1\C(=O)C(=O)N(c2ccc3c(c2)OCO3)C1c1ccccn1. The maximum Gasteiger partial charge on any atom is 0.300 e. The Labute approximate surface area is 189 Å². The molecule has 0 spiro atoms. The standard InChI is InChI=1S/C25H20N2O6/c1-14-6-8-18(31-2)16(11-14)23(28)21-22(17-5-3-4-10-26-17)27(25(30)24(21)29)15-7-9-19-20(12-15)33-13-32-19/h3-12,22,28H,13H2,1-2H3/b23-21+. The van der Waals surface area contributed by atoms with E-state index in [0.29, 0.717) is 34.2 Å². The zero-order valence-corrected chi connectivity index (χ0v) is 17.9. The van der Waals surface area contributed by atoms with Gasteiger partial charge in [-0.2, -0.15) is 0 Å². The summed E-state index contributed by atoms with van der Waals surface area (Å²) in [6.07, 6.45) is 1.57. The van der Waals surface area contributed by atoms with Crippen LogP contribution in [-0.2, 0) is 9.59 Å². The molecule has 0 aliphatic carbocycles. The van der Waals surface area contributed by atoms with Crippen molar-refractivity contribution in [3.05, 3.63) is 83.2 Å². The van der Waals surface area contributed by atoms with E-state index in [1.165, 1.54) is 12.0 Å². The molecule has 8 nitrogen and oxygen atoms in total. The lowest BCUT2D eigenvalue weighted by Gasteiger charge is -2.25. The highest BCUT2D eigenvalue weighted by molar-refractivity contribution is 6.51. The smallest absolute Gasteiger partial charge is 0.300 e. The molecule has 1 fully saturated rings. The number of Topliss-reactive ketones (excluding diaryl/α,β-unsaturated/α-hetero) is 1. The average molecular weight is 444 g/mol. The van der Waals surface area contributed by atoms with E-state index in [1.807, 2.05) is 13.0 Å². The number of hydrogen-bond donors (Lipinski definition) is 1. The Morgan fingerprint density at radius 2 is 1.91 bits per heavy atom. The largest absolute Gasteiger partial charge is 0.507 e. The van der Waals surface area contributed by atoms with Crippen molar-refractivity contribution in [1.82, 2.24) is 4.98 Å². The van der Waals surface area contributed by atoms with Gasteiger partial charge < -0.3 is 19.3 Å². The minimum atomic E-state index is -0.947. The molecule has 0 radical (unpaired) electrons. The highest BCUT2D eigenvalue weighted by Crippen LogP contribution is 2.45. The van der Waals surface area contributed by atoms with Crippen molar-refractivity contribution in [2.24, 2.45) is 0 Å². The maximum atomic E-state index is 13.3. The Kier molecular flexibility index (Phi) is 4.97. The summed E-state index contributed by atoms with van der Waals surface area (Å²) in [4.78, 5) is 32.2. The molecular formula is C25H20N2O6. The predicted molar refractivity (Wildman–Crippen MR) is 119 cm³/mol. The minimum absolute atomic E-state index is 0.0692. The van der Waals surface area contributed by atoms with Crippen LogP contribution in [0.2, 0.25) is 0 Å². The Bertz CT molecular complexity index is 1300. The van der Waals surface area contributed by atoms with Crippen LogP contribution in [0.1, 0.15) is 22.9 Å². The van der Waals surface area contributed by atoms with Crippen molar-refractivity contribution >= 4 is 23.1 Å². The first kappa shape index (κ1) is 20.6. The second kappa shape index (κ2) is 7.98. The lowest BCUT2D eigenvalue weighted by atomic mass is 9.97. The van der Waals surface area contributed by atoms with Gasteiger partial charge in [0.1, 0.15) is 17.6 Å². The molecule has 0 bridgehead atoms. The molecule has 0 saturated carbocycles. The highest BCUT2D eigenvalue weighted by atomic mass is 16.7. The van der Waals surface area contributed by atoms with Gasteiger partial charge in [0, 0.05) is 18.0 Å². The zero-order chi connectivity index (χ0) is 23.1. The van der Waals surface area contributed by atoms with Gasteiger partial charge in [-0.25, -0.2) is 0 Å². The van der Waals surface area contributed by atoms with E-state index in [-0.39, 0.29) is 18.1 Å². The van der Waals surface area contributed by atoms with Crippen molar-refractivity contribution in [2.45, 2.75) is 13.0 Å². The van der Waals surface area contributed by atoms with Crippen LogP contribution in [0, 0.1) is 6.92 Å². The van der Waals surface area contributed by atoms with Gasteiger partial charge >= 0.3 is 0 Å². The van der Waals surface area contributed by atoms with E-state index in [0.717, 1.165) is 5.56 Å². The quantitative estimate of drug-likeness (QED) is 0.372. The van der Waals surface area contributed by atoms with Crippen molar-refractivity contribution in [2.75, 3.05) is 18.8 Å². The first-order chi connectivity index (χ1) is 16.0. The summed E-state index contributed by atoms with van der Waals surface area (Å²) in [6, 6.07) is 14.5. The lowest BCUT2D eigenvalue weighted by Crippen LogP contribution is -2.29. The summed E-state index contributed by atoms with van der Waals surface area (Å²) >= 11 is 0. The fraction of sp³-hybridized carbons (Fsp3) is 0.160. The van der Waals surface area contributed by atoms with Crippen molar-refractivity contribution in [1.29, 1.82) is 0 Å². The fourth-order valence-corrected chi connectivity index (χ4v) is 4.10. The van der Waals surface area contributed by atoms with Gasteiger partial charge in [-0.05, 0) is 43.3 Å². The van der Waals surface area contributed by atoms with Gasteiger partial charge in [-0.15, -0.1) is 0 Å². The summed E-state index contributed by atoms with van der Waals surface area (Å²) in [5.74, 6) is -0.522. The van der Waals surface area contributed by atoms with Crippen molar-refractivity contribution in [3.63, 3.8) is 0 Å². The maximum absolute atomic E-state index is 13.3. The Morgan fingerprint density at radius 3 is 2.67 bits per heavy atom. The van der Waals surface area contributed by atoms with E-state index >= 15 is 0 Å². The van der Waals surface area contributed by atoms with Crippen LogP contribution in [0.15, 0.2) is 66.4 Å². The second-order valence-corrected chi connectivity index (χ2v) is 7.67. The van der Waals surface area contributed by atoms with E-state index in [1.54, 1.807) is 54.7 Å². The van der Waals surface area contributed by atoms with Gasteiger partial charge in [0.15, 0.2) is 11.5 Å². The normalized spacial score (nSPS) is 18.6. The van der Waals surface area contributed by atoms with E-state index < -0.39 is 17.7 Å². The molecule has 3 heterocycles. The number of aliphatic hydroxyl groups excluding tert-OH is 1. The number of carbonyl (C=O) groups excluding carboxylic acids is 2. The molecule has 166 valence electrons. The number of rotatable bonds is 4. The average Bonchev–Trinajstić information content (AvgIpc) is 3.41. The number of amides is 1.